The second kappa shape index (κ2) is 6.94. The van der Waals surface area contributed by atoms with Gasteiger partial charge in [0.15, 0.2) is 5.78 Å². The van der Waals surface area contributed by atoms with Gasteiger partial charge in [-0.05, 0) is 30.0 Å². The zero-order valence-corrected chi connectivity index (χ0v) is 10.8. The fourth-order valence-corrected chi connectivity index (χ4v) is 1.44. The molecule has 2 nitrogen and oxygen atoms in total. The van der Waals surface area contributed by atoms with Crippen LogP contribution in [-0.4, -0.2) is 12.0 Å². The number of nitrogens with one attached hydrogen (secondary N) is 1. The van der Waals surface area contributed by atoms with Crippen molar-refractivity contribution in [2.75, 3.05) is 0 Å². The molecule has 0 amide bonds. The smallest absolute Gasteiger partial charge is 0.159 e. The molecule has 0 atom stereocenters. The first-order valence-corrected chi connectivity index (χ1v) is 5.71. The molecule has 1 aromatic rings. The van der Waals surface area contributed by atoms with Crippen LogP contribution in [0.2, 0.25) is 0 Å². The van der Waals surface area contributed by atoms with Crippen molar-refractivity contribution in [3.05, 3.63) is 34.9 Å². The topological polar surface area (TPSA) is 40.9 Å². The molecule has 1 rings (SSSR count). The van der Waals surface area contributed by atoms with Gasteiger partial charge in [-0.15, -0.1) is 0 Å². The Balaban J connectivity index is 0.00000106. The second-order valence-corrected chi connectivity index (χ2v) is 3.70. The summed E-state index contributed by atoms with van der Waals surface area (Å²) in [6, 6.07) is 5.54. The van der Waals surface area contributed by atoms with Gasteiger partial charge in [0.05, 0.1) is 0 Å². The maximum atomic E-state index is 11.1. The number of hydrogen-bond donors (Lipinski definition) is 1. The Hall–Kier alpha value is -1.44. The molecule has 16 heavy (non-hydrogen) atoms. The van der Waals surface area contributed by atoms with Crippen LogP contribution in [0.5, 0.6) is 0 Å². The molecule has 0 bridgehead atoms. The number of benzene rings is 1. The van der Waals surface area contributed by atoms with E-state index in [4.69, 9.17) is 5.41 Å². The summed E-state index contributed by atoms with van der Waals surface area (Å²) in [7, 11) is 0. The Labute approximate surface area is 98.2 Å². The number of Topliss-reactive ketones (excluding diaryl/α,β-unsaturated/α-hetero) is 1. The molecule has 0 aliphatic carbocycles. The third-order valence-corrected chi connectivity index (χ3v) is 2.27. The van der Waals surface area contributed by atoms with Crippen molar-refractivity contribution in [2.24, 2.45) is 0 Å². The molecule has 0 aliphatic rings. The normalized spacial score (nSPS) is 9.38. The van der Waals surface area contributed by atoms with Gasteiger partial charge in [0.2, 0.25) is 0 Å². The van der Waals surface area contributed by atoms with Crippen LogP contribution in [-0.2, 0) is 0 Å². The standard InChI is InChI=1S/C12H15NO.C2H6/c1-8(2)12-5-4-10(9(3)14)6-11(12)7-13;1-2/h4-8,13H,1-3H3;1-2H3. The SMILES string of the molecule is CC.CC(=O)c1ccc(C(C)C)c(C=N)c1. The van der Waals surface area contributed by atoms with Crippen LogP contribution < -0.4 is 0 Å². The molecule has 0 radical (unpaired) electrons. The van der Waals surface area contributed by atoms with Crippen LogP contribution in [0.4, 0.5) is 0 Å². The van der Waals surface area contributed by atoms with Crippen LogP contribution in [0.15, 0.2) is 18.2 Å². The van der Waals surface area contributed by atoms with Crippen LogP contribution in [0.25, 0.3) is 0 Å². The molecule has 1 N–H and O–H groups in total. The molecular weight excluding hydrogens is 198 g/mol. The molecule has 0 spiro atoms. The lowest BCUT2D eigenvalue weighted by atomic mass is 9.95. The van der Waals surface area contributed by atoms with E-state index in [1.54, 1.807) is 6.07 Å². The molecule has 0 heterocycles. The Morgan fingerprint density at radius 1 is 1.31 bits per heavy atom. The van der Waals surface area contributed by atoms with Crippen molar-refractivity contribution >= 4 is 12.0 Å². The van der Waals surface area contributed by atoms with E-state index in [9.17, 15) is 4.79 Å². The predicted molar refractivity (Wildman–Crippen MR) is 69.8 cm³/mol. The van der Waals surface area contributed by atoms with Crippen molar-refractivity contribution in [3.63, 3.8) is 0 Å². The molecule has 0 saturated heterocycles. The first-order chi connectivity index (χ1) is 7.56. The van der Waals surface area contributed by atoms with Crippen LogP contribution in [0, 0.1) is 5.41 Å². The first-order valence-electron chi connectivity index (χ1n) is 5.71. The van der Waals surface area contributed by atoms with Gasteiger partial charge in [0.1, 0.15) is 0 Å². The average Bonchev–Trinajstić information content (AvgIpc) is 2.30. The minimum absolute atomic E-state index is 0.0448. The third-order valence-electron chi connectivity index (χ3n) is 2.27. The third kappa shape index (κ3) is 3.61. The quantitative estimate of drug-likeness (QED) is 0.605. The Morgan fingerprint density at radius 2 is 1.88 bits per heavy atom. The molecule has 0 fully saturated rings. The number of carbonyl (C=O) groups excluding carboxylic acids is 1. The van der Waals surface area contributed by atoms with Crippen molar-refractivity contribution < 1.29 is 4.79 Å². The van der Waals surface area contributed by atoms with Gasteiger partial charge in [0.25, 0.3) is 0 Å². The zero-order valence-electron chi connectivity index (χ0n) is 10.8. The van der Waals surface area contributed by atoms with Crippen molar-refractivity contribution in [1.82, 2.24) is 0 Å². The fraction of sp³-hybridized carbons (Fsp3) is 0.429. The van der Waals surface area contributed by atoms with Crippen molar-refractivity contribution in [3.8, 4) is 0 Å². The van der Waals surface area contributed by atoms with Gasteiger partial charge < -0.3 is 5.41 Å². The van der Waals surface area contributed by atoms with E-state index in [2.05, 4.69) is 13.8 Å². The maximum Gasteiger partial charge on any atom is 0.159 e. The second-order valence-electron chi connectivity index (χ2n) is 3.70. The van der Waals surface area contributed by atoms with Crippen molar-refractivity contribution in [1.29, 1.82) is 5.41 Å². The van der Waals surface area contributed by atoms with Gasteiger partial charge in [-0.25, -0.2) is 0 Å². The monoisotopic (exact) mass is 219 g/mol. The van der Waals surface area contributed by atoms with E-state index in [-0.39, 0.29) is 5.78 Å². The summed E-state index contributed by atoms with van der Waals surface area (Å²) in [5.41, 5.74) is 2.63. The summed E-state index contributed by atoms with van der Waals surface area (Å²) in [6.07, 6.45) is 1.31. The number of ketones is 1. The van der Waals surface area contributed by atoms with Gasteiger partial charge in [0, 0.05) is 11.8 Å². The highest BCUT2D eigenvalue weighted by atomic mass is 16.1. The van der Waals surface area contributed by atoms with E-state index in [1.165, 1.54) is 13.1 Å². The Morgan fingerprint density at radius 3 is 2.25 bits per heavy atom. The molecule has 0 aliphatic heterocycles. The molecule has 2 heteroatoms. The fourth-order valence-electron chi connectivity index (χ4n) is 1.44. The Kier molecular flexibility index (Phi) is 6.31. The highest BCUT2D eigenvalue weighted by Gasteiger charge is 2.07. The van der Waals surface area contributed by atoms with Crippen LogP contribution in [0.3, 0.4) is 0 Å². The Bertz CT molecular complexity index is 367. The largest absolute Gasteiger partial charge is 0.308 e. The highest BCUT2D eigenvalue weighted by Crippen LogP contribution is 2.19. The van der Waals surface area contributed by atoms with E-state index in [0.717, 1.165) is 11.1 Å². The summed E-state index contributed by atoms with van der Waals surface area (Å²) in [6.45, 7) is 9.70. The summed E-state index contributed by atoms with van der Waals surface area (Å²) >= 11 is 0. The lowest BCUT2D eigenvalue weighted by Gasteiger charge is -2.10. The number of hydrogen-bond acceptors (Lipinski definition) is 2. The van der Waals surface area contributed by atoms with Gasteiger partial charge in [-0.3, -0.25) is 4.79 Å². The van der Waals surface area contributed by atoms with E-state index in [1.807, 2.05) is 26.0 Å². The molecule has 0 unspecified atom stereocenters. The summed E-state index contributed by atoms with van der Waals surface area (Å²) < 4.78 is 0. The van der Waals surface area contributed by atoms with Crippen LogP contribution in [0.1, 0.15) is 62.0 Å². The van der Waals surface area contributed by atoms with Crippen LogP contribution >= 0.6 is 0 Å². The molecule has 0 aromatic heterocycles. The minimum Gasteiger partial charge on any atom is -0.308 e. The van der Waals surface area contributed by atoms with E-state index < -0.39 is 0 Å². The number of rotatable bonds is 3. The minimum atomic E-state index is 0.0448. The molecule has 0 saturated carbocycles. The van der Waals surface area contributed by atoms with Gasteiger partial charge in [-0.2, -0.15) is 0 Å². The molecule has 1 aromatic carbocycles. The average molecular weight is 219 g/mol. The maximum absolute atomic E-state index is 11.1. The highest BCUT2D eigenvalue weighted by molar-refractivity contribution is 5.96. The van der Waals surface area contributed by atoms with E-state index >= 15 is 0 Å². The molecule has 88 valence electrons. The van der Waals surface area contributed by atoms with Gasteiger partial charge >= 0.3 is 0 Å². The lowest BCUT2D eigenvalue weighted by molar-refractivity contribution is 0.101. The lowest BCUT2D eigenvalue weighted by Crippen LogP contribution is -1.99. The first kappa shape index (κ1) is 14.6. The van der Waals surface area contributed by atoms with Crippen molar-refractivity contribution in [2.45, 2.75) is 40.5 Å². The zero-order chi connectivity index (χ0) is 12.7. The van der Waals surface area contributed by atoms with Gasteiger partial charge in [-0.1, -0.05) is 39.8 Å². The molecular formula is C14H21NO. The number of carbonyl (C=O) groups is 1. The summed E-state index contributed by atoms with van der Waals surface area (Å²) in [5.74, 6) is 0.427. The summed E-state index contributed by atoms with van der Waals surface area (Å²) in [4.78, 5) is 11.1. The summed E-state index contributed by atoms with van der Waals surface area (Å²) in [5, 5.41) is 7.28. The van der Waals surface area contributed by atoms with E-state index in [0.29, 0.717) is 11.5 Å². The predicted octanol–water partition coefficient (Wildman–Crippen LogP) is 4.04.